The molecular weight excluding hydrogens is 268 g/mol. The Bertz CT molecular complexity index is 460. The van der Waals surface area contributed by atoms with Crippen molar-refractivity contribution in [2.24, 2.45) is 11.8 Å². The molecule has 0 radical (unpaired) electrons. The number of carbonyl (C=O) groups is 1. The smallest absolute Gasteiger partial charge is 0.312 e. The van der Waals surface area contributed by atoms with Crippen molar-refractivity contribution in [1.82, 2.24) is 0 Å². The van der Waals surface area contributed by atoms with E-state index in [0.717, 1.165) is 5.75 Å². The van der Waals surface area contributed by atoms with Crippen LogP contribution in [0.5, 0.6) is 5.75 Å². The Labute approximate surface area is 127 Å². The number of ether oxygens (including phenoxy) is 2. The summed E-state index contributed by atoms with van der Waals surface area (Å²) in [5.41, 5.74) is -0.625. The van der Waals surface area contributed by atoms with Crippen LogP contribution in [0, 0.1) is 11.8 Å². The molecular formula is C17H26O4. The summed E-state index contributed by atoms with van der Waals surface area (Å²) in [7, 11) is 1.34. The van der Waals surface area contributed by atoms with Crippen molar-refractivity contribution in [1.29, 1.82) is 0 Å². The van der Waals surface area contributed by atoms with Gasteiger partial charge in [-0.2, -0.15) is 0 Å². The summed E-state index contributed by atoms with van der Waals surface area (Å²) >= 11 is 0. The number of benzene rings is 1. The standard InChI is InChI=1S/C17H26O4/c1-11(2)15(16(18)20-6)17(5,19)13-7-9-14(10-8-13)21-12(3)4/h7-12,15,19H,1-6H3. The number of hydrogen-bond acceptors (Lipinski definition) is 4. The monoisotopic (exact) mass is 294 g/mol. The highest BCUT2D eigenvalue weighted by Gasteiger charge is 2.41. The Balaban J connectivity index is 3.07. The van der Waals surface area contributed by atoms with Gasteiger partial charge in [-0.25, -0.2) is 0 Å². The minimum Gasteiger partial charge on any atom is -0.491 e. The molecule has 0 heterocycles. The van der Waals surface area contributed by atoms with Crippen molar-refractivity contribution in [2.75, 3.05) is 7.11 Å². The SMILES string of the molecule is COC(=O)C(C(C)C)C(C)(O)c1ccc(OC(C)C)cc1. The molecule has 1 aromatic rings. The van der Waals surface area contributed by atoms with Gasteiger partial charge in [0.1, 0.15) is 11.4 Å². The molecule has 1 N–H and O–H groups in total. The van der Waals surface area contributed by atoms with E-state index < -0.39 is 17.5 Å². The van der Waals surface area contributed by atoms with Crippen LogP contribution in [0.1, 0.15) is 40.2 Å². The summed E-state index contributed by atoms with van der Waals surface area (Å²) in [6, 6.07) is 7.18. The van der Waals surface area contributed by atoms with Crippen LogP contribution in [0.25, 0.3) is 0 Å². The first-order valence-corrected chi connectivity index (χ1v) is 7.27. The number of carbonyl (C=O) groups excluding carboxylic acids is 1. The van der Waals surface area contributed by atoms with Crippen LogP contribution >= 0.6 is 0 Å². The minimum atomic E-state index is -1.29. The molecule has 0 aliphatic carbocycles. The number of rotatable bonds is 6. The molecule has 21 heavy (non-hydrogen) atoms. The van der Waals surface area contributed by atoms with Gasteiger partial charge in [0.2, 0.25) is 0 Å². The third-order valence-corrected chi connectivity index (χ3v) is 3.54. The first-order chi connectivity index (χ1) is 9.70. The average Bonchev–Trinajstić information content (AvgIpc) is 2.37. The molecule has 118 valence electrons. The van der Waals surface area contributed by atoms with Gasteiger partial charge in [0.05, 0.1) is 19.1 Å². The van der Waals surface area contributed by atoms with Crippen molar-refractivity contribution in [3.8, 4) is 5.75 Å². The van der Waals surface area contributed by atoms with E-state index in [2.05, 4.69) is 0 Å². The van der Waals surface area contributed by atoms with Crippen LogP contribution < -0.4 is 4.74 Å². The molecule has 0 aliphatic heterocycles. The Morgan fingerprint density at radius 1 is 1.14 bits per heavy atom. The van der Waals surface area contributed by atoms with Crippen LogP contribution in [0.4, 0.5) is 0 Å². The molecule has 0 saturated heterocycles. The molecule has 1 aromatic carbocycles. The zero-order valence-corrected chi connectivity index (χ0v) is 13.7. The quantitative estimate of drug-likeness (QED) is 0.819. The van der Waals surface area contributed by atoms with Gasteiger partial charge in [0, 0.05) is 0 Å². The highest BCUT2D eigenvalue weighted by Crippen LogP contribution is 2.35. The fraction of sp³-hybridized carbons (Fsp3) is 0.588. The lowest BCUT2D eigenvalue weighted by Gasteiger charge is -2.34. The van der Waals surface area contributed by atoms with Crippen molar-refractivity contribution >= 4 is 5.97 Å². The van der Waals surface area contributed by atoms with Crippen LogP contribution in [0.3, 0.4) is 0 Å². The maximum atomic E-state index is 12.0. The molecule has 0 aromatic heterocycles. The fourth-order valence-electron chi connectivity index (χ4n) is 2.60. The van der Waals surface area contributed by atoms with Crippen LogP contribution in [-0.2, 0) is 15.1 Å². The highest BCUT2D eigenvalue weighted by atomic mass is 16.5. The predicted molar refractivity (Wildman–Crippen MR) is 82.1 cm³/mol. The van der Waals surface area contributed by atoms with Crippen LogP contribution in [0.15, 0.2) is 24.3 Å². The number of methoxy groups -OCH3 is 1. The molecule has 0 saturated carbocycles. The summed E-state index contributed by atoms with van der Waals surface area (Å²) in [4.78, 5) is 12.0. The number of aliphatic hydroxyl groups is 1. The molecule has 0 fully saturated rings. The second-order valence-electron chi connectivity index (χ2n) is 6.08. The molecule has 0 amide bonds. The molecule has 4 nitrogen and oxygen atoms in total. The summed E-state index contributed by atoms with van der Waals surface area (Å²) in [5, 5.41) is 10.8. The molecule has 4 heteroatoms. The van der Waals surface area contributed by atoms with Crippen LogP contribution in [0.2, 0.25) is 0 Å². The van der Waals surface area contributed by atoms with E-state index in [0.29, 0.717) is 5.56 Å². The molecule has 0 bridgehead atoms. The van der Waals surface area contributed by atoms with E-state index in [1.807, 2.05) is 27.7 Å². The van der Waals surface area contributed by atoms with E-state index in [9.17, 15) is 9.90 Å². The van der Waals surface area contributed by atoms with Gasteiger partial charge < -0.3 is 14.6 Å². The fourth-order valence-corrected chi connectivity index (χ4v) is 2.60. The lowest BCUT2D eigenvalue weighted by molar-refractivity contribution is -0.159. The molecule has 2 atom stereocenters. The Morgan fingerprint density at radius 2 is 1.67 bits per heavy atom. The maximum absolute atomic E-state index is 12.0. The zero-order chi connectivity index (χ0) is 16.2. The van der Waals surface area contributed by atoms with E-state index in [1.54, 1.807) is 31.2 Å². The largest absolute Gasteiger partial charge is 0.491 e. The van der Waals surface area contributed by atoms with Gasteiger partial charge in [-0.15, -0.1) is 0 Å². The second kappa shape index (κ2) is 6.94. The third-order valence-electron chi connectivity index (χ3n) is 3.54. The predicted octanol–water partition coefficient (Wildman–Crippen LogP) is 3.13. The van der Waals surface area contributed by atoms with E-state index >= 15 is 0 Å². The zero-order valence-electron chi connectivity index (χ0n) is 13.7. The van der Waals surface area contributed by atoms with Gasteiger partial charge in [0.15, 0.2) is 0 Å². The van der Waals surface area contributed by atoms with Crippen molar-refractivity contribution in [3.63, 3.8) is 0 Å². The van der Waals surface area contributed by atoms with Gasteiger partial charge in [0.25, 0.3) is 0 Å². The lowest BCUT2D eigenvalue weighted by atomic mass is 9.76. The molecule has 1 rings (SSSR count). The second-order valence-corrected chi connectivity index (χ2v) is 6.08. The van der Waals surface area contributed by atoms with E-state index in [1.165, 1.54) is 7.11 Å². The Hall–Kier alpha value is -1.55. The minimum absolute atomic E-state index is 0.0426. The maximum Gasteiger partial charge on any atom is 0.312 e. The van der Waals surface area contributed by atoms with Gasteiger partial charge in [-0.05, 0) is 44.4 Å². The normalized spacial score (nSPS) is 15.7. The number of esters is 1. The summed E-state index contributed by atoms with van der Waals surface area (Å²) < 4.78 is 10.4. The van der Waals surface area contributed by atoms with Crippen molar-refractivity contribution in [2.45, 2.75) is 46.3 Å². The topological polar surface area (TPSA) is 55.8 Å². The molecule has 0 aliphatic rings. The Kier molecular flexibility index (Phi) is 5.78. The van der Waals surface area contributed by atoms with Gasteiger partial charge >= 0.3 is 5.97 Å². The van der Waals surface area contributed by atoms with Crippen LogP contribution in [-0.4, -0.2) is 24.3 Å². The lowest BCUT2D eigenvalue weighted by Crippen LogP contribution is -2.41. The molecule has 0 spiro atoms. The third kappa shape index (κ3) is 4.21. The van der Waals surface area contributed by atoms with Crippen molar-refractivity contribution < 1.29 is 19.4 Å². The summed E-state index contributed by atoms with van der Waals surface area (Å²) in [6.45, 7) is 9.34. The van der Waals surface area contributed by atoms with E-state index in [-0.39, 0.29) is 12.0 Å². The average molecular weight is 294 g/mol. The van der Waals surface area contributed by atoms with Crippen molar-refractivity contribution in [3.05, 3.63) is 29.8 Å². The van der Waals surface area contributed by atoms with E-state index in [4.69, 9.17) is 9.47 Å². The Morgan fingerprint density at radius 3 is 2.05 bits per heavy atom. The number of hydrogen-bond donors (Lipinski definition) is 1. The highest BCUT2D eigenvalue weighted by molar-refractivity contribution is 5.74. The summed E-state index contributed by atoms with van der Waals surface area (Å²) in [6.07, 6.45) is 0.0924. The first kappa shape index (κ1) is 17.5. The summed E-state index contributed by atoms with van der Waals surface area (Å²) in [5.74, 6) is -0.334. The molecule has 2 unspecified atom stereocenters. The van der Waals surface area contributed by atoms with Gasteiger partial charge in [-0.1, -0.05) is 26.0 Å². The van der Waals surface area contributed by atoms with Gasteiger partial charge in [-0.3, -0.25) is 4.79 Å². The first-order valence-electron chi connectivity index (χ1n) is 7.27.